The van der Waals surface area contributed by atoms with Gasteiger partial charge in [-0.3, -0.25) is 9.10 Å². The van der Waals surface area contributed by atoms with E-state index in [-0.39, 0.29) is 11.5 Å². The number of nitrogens with one attached hydrogen (secondary N) is 1. The Kier molecular flexibility index (Phi) is 11.7. The summed E-state index contributed by atoms with van der Waals surface area (Å²) in [5.41, 5.74) is 4.93. The van der Waals surface area contributed by atoms with E-state index in [0.717, 1.165) is 15.4 Å². The van der Waals surface area contributed by atoms with Crippen molar-refractivity contribution < 1.29 is 27.4 Å². The van der Waals surface area contributed by atoms with Crippen LogP contribution in [0.15, 0.2) is 93.3 Å². The number of amides is 1. The number of methoxy groups -OCH3 is 1. The molecule has 0 heterocycles. The number of anilines is 1. The van der Waals surface area contributed by atoms with Crippen LogP contribution in [-0.2, 0) is 21.4 Å². The van der Waals surface area contributed by atoms with Gasteiger partial charge in [0.1, 0.15) is 18.9 Å². The van der Waals surface area contributed by atoms with Crippen molar-refractivity contribution in [1.29, 1.82) is 0 Å². The number of sulfonamides is 1. The van der Waals surface area contributed by atoms with Gasteiger partial charge in [0.2, 0.25) is 0 Å². The van der Waals surface area contributed by atoms with Gasteiger partial charge in [0.25, 0.3) is 15.9 Å². The first-order valence-electron chi connectivity index (χ1n) is 13.6. The lowest BCUT2D eigenvalue weighted by Gasteiger charge is -2.24. The van der Waals surface area contributed by atoms with Gasteiger partial charge in [0.05, 0.1) is 35.0 Å². The van der Waals surface area contributed by atoms with Gasteiger partial charge in [-0.05, 0) is 96.0 Å². The van der Waals surface area contributed by atoms with Crippen LogP contribution in [0.25, 0.3) is 0 Å². The minimum Gasteiger partial charge on any atom is -0.494 e. The van der Waals surface area contributed by atoms with Gasteiger partial charge in [-0.2, -0.15) is 5.10 Å². The highest BCUT2D eigenvalue weighted by Gasteiger charge is 2.27. The smallest absolute Gasteiger partial charge is 0.264 e. The van der Waals surface area contributed by atoms with Crippen molar-refractivity contribution in [2.45, 2.75) is 25.3 Å². The van der Waals surface area contributed by atoms with Gasteiger partial charge < -0.3 is 14.2 Å². The molecule has 45 heavy (non-hydrogen) atoms. The number of carbonyl (C=O) groups excluding carboxylic acids is 1. The quantitative estimate of drug-likeness (QED) is 0.113. The van der Waals surface area contributed by atoms with E-state index in [2.05, 4.69) is 26.5 Å². The zero-order chi connectivity index (χ0) is 32.6. The fraction of sp³-hybridized carbons (Fsp3) is 0.188. The number of nitrogens with zero attached hydrogens (tertiary/aromatic N) is 2. The fourth-order valence-corrected chi connectivity index (χ4v) is 6.57. The second-order valence-corrected chi connectivity index (χ2v) is 13.2. The highest BCUT2D eigenvalue weighted by atomic mass is 79.9. The van der Waals surface area contributed by atoms with Crippen LogP contribution in [0, 0.1) is 6.92 Å². The van der Waals surface area contributed by atoms with E-state index >= 15 is 0 Å². The minimum absolute atomic E-state index is 0.0517. The molecule has 0 fully saturated rings. The first-order chi connectivity index (χ1) is 21.5. The molecule has 0 spiro atoms. The van der Waals surface area contributed by atoms with E-state index in [1.54, 1.807) is 66.7 Å². The molecule has 0 radical (unpaired) electrons. The maximum absolute atomic E-state index is 13.6. The first kappa shape index (κ1) is 34.1. The molecule has 0 saturated carbocycles. The number of hydrogen-bond donors (Lipinski definition) is 1. The Hall–Kier alpha value is -3.77. The standard InChI is InChI=1S/C32H30BrCl2N3O6S/c1-4-43-26-11-9-25(10-12-26)38(45(40,41)27-13-5-21(2)6-14-27)19-31(39)37-36-18-22-15-28(33)32(30(16-22)42-3)44-20-23-7-8-24(34)17-29(23)35/h5-18H,4,19-20H2,1-3H3,(H,37,39)/b36-18-. The van der Waals surface area contributed by atoms with E-state index in [0.29, 0.717) is 49.6 Å². The van der Waals surface area contributed by atoms with Gasteiger partial charge in [0, 0.05) is 15.6 Å². The third-order valence-corrected chi connectivity index (χ3v) is 9.34. The third kappa shape index (κ3) is 8.91. The maximum Gasteiger partial charge on any atom is 0.264 e. The van der Waals surface area contributed by atoms with Crippen molar-refractivity contribution in [1.82, 2.24) is 5.43 Å². The highest BCUT2D eigenvalue weighted by molar-refractivity contribution is 9.10. The molecule has 13 heteroatoms. The van der Waals surface area contributed by atoms with E-state index in [1.807, 2.05) is 13.8 Å². The molecule has 0 atom stereocenters. The molecule has 0 aliphatic rings. The monoisotopic (exact) mass is 733 g/mol. The van der Waals surface area contributed by atoms with Crippen LogP contribution in [0.1, 0.15) is 23.6 Å². The summed E-state index contributed by atoms with van der Waals surface area (Å²) in [5.74, 6) is 0.779. The number of aryl methyl sites for hydroxylation is 1. The molecule has 4 rings (SSSR count). The Morgan fingerprint density at radius 2 is 1.71 bits per heavy atom. The lowest BCUT2D eigenvalue weighted by molar-refractivity contribution is -0.119. The average Bonchev–Trinajstić information content (AvgIpc) is 3.00. The van der Waals surface area contributed by atoms with E-state index < -0.39 is 22.5 Å². The van der Waals surface area contributed by atoms with Crippen molar-refractivity contribution in [2.24, 2.45) is 5.10 Å². The molecule has 4 aromatic carbocycles. The summed E-state index contributed by atoms with van der Waals surface area (Å²) in [4.78, 5) is 13.1. The molecule has 0 saturated heterocycles. The number of ether oxygens (including phenoxy) is 3. The fourth-order valence-electron chi connectivity index (χ4n) is 4.12. The predicted octanol–water partition coefficient (Wildman–Crippen LogP) is 7.40. The van der Waals surface area contributed by atoms with Crippen molar-refractivity contribution in [2.75, 3.05) is 24.6 Å². The molecule has 1 N–H and O–H groups in total. The second kappa shape index (κ2) is 15.5. The lowest BCUT2D eigenvalue weighted by atomic mass is 10.2. The largest absolute Gasteiger partial charge is 0.494 e. The SMILES string of the molecule is CCOc1ccc(N(CC(=O)N/N=C\c2cc(Br)c(OCc3ccc(Cl)cc3Cl)c(OC)c2)S(=O)(=O)c2ccc(C)cc2)cc1. The van der Waals surface area contributed by atoms with Crippen molar-refractivity contribution in [3.8, 4) is 17.2 Å². The summed E-state index contributed by atoms with van der Waals surface area (Å²) in [6.07, 6.45) is 1.40. The molecular formula is C32H30BrCl2N3O6S. The number of benzene rings is 4. The number of carbonyl (C=O) groups is 1. The van der Waals surface area contributed by atoms with Gasteiger partial charge >= 0.3 is 0 Å². The third-order valence-electron chi connectivity index (χ3n) is 6.37. The minimum atomic E-state index is -4.09. The van der Waals surface area contributed by atoms with Crippen molar-refractivity contribution in [3.05, 3.63) is 110 Å². The average molecular weight is 735 g/mol. The van der Waals surface area contributed by atoms with Crippen LogP contribution in [0.5, 0.6) is 17.2 Å². The van der Waals surface area contributed by atoms with Crippen molar-refractivity contribution in [3.63, 3.8) is 0 Å². The van der Waals surface area contributed by atoms with Gasteiger partial charge in [-0.1, -0.05) is 47.0 Å². The van der Waals surface area contributed by atoms with Crippen LogP contribution in [0.3, 0.4) is 0 Å². The predicted molar refractivity (Wildman–Crippen MR) is 181 cm³/mol. The van der Waals surface area contributed by atoms with Crippen LogP contribution in [0.4, 0.5) is 5.69 Å². The molecule has 236 valence electrons. The van der Waals surface area contributed by atoms with Gasteiger partial charge in [-0.25, -0.2) is 13.8 Å². The molecule has 0 aliphatic carbocycles. The summed E-state index contributed by atoms with van der Waals surface area (Å²) in [7, 11) is -2.59. The molecule has 0 bridgehead atoms. The van der Waals surface area contributed by atoms with Crippen LogP contribution in [-0.4, -0.2) is 40.8 Å². The van der Waals surface area contributed by atoms with Crippen LogP contribution >= 0.6 is 39.1 Å². The number of rotatable bonds is 13. The molecule has 0 unspecified atom stereocenters. The number of hydrazone groups is 1. The Morgan fingerprint density at radius 3 is 2.36 bits per heavy atom. The van der Waals surface area contributed by atoms with Crippen molar-refractivity contribution >= 4 is 67.0 Å². The van der Waals surface area contributed by atoms with Gasteiger partial charge in [-0.15, -0.1) is 0 Å². The van der Waals surface area contributed by atoms with E-state index in [9.17, 15) is 13.2 Å². The molecule has 9 nitrogen and oxygen atoms in total. The van der Waals surface area contributed by atoms with Gasteiger partial charge in [0.15, 0.2) is 11.5 Å². The normalized spacial score (nSPS) is 11.3. The Balaban J connectivity index is 1.49. The second-order valence-electron chi connectivity index (χ2n) is 9.60. The zero-order valence-electron chi connectivity index (χ0n) is 24.6. The van der Waals surface area contributed by atoms with Crippen LogP contribution < -0.4 is 23.9 Å². The van der Waals surface area contributed by atoms with E-state index in [4.69, 9.17) is 37.4 Å². The van der Waals surface area contributed by atoms with Crippen LogP contribution in [0.2, 0.25) is 10.0 Å². The lowest BCUT2D eigenvalue weighted by Crippen LogP contribution is -2.39. The summed E-state index contributed by atoms with van der Waals surface area (Å²) in [6.45, 7) is 3.82. The molecule has 0 aliphatic heterocycles. The Morgan fingerprint density at radius 1 is 1.00 bits per heavy atom. The summed E-state index contributed by atoms with van der Waals surface area (Å²) < 4.78 is 45.8. The molecular weight excluding hydrogens is 705 g/mol. The summed E-state index contributed by atoms with van der Waals surface area (Å²) in [6, 6.07) is 21.4. The first-order valence-corrected chi connectivity index (χ1v) is 16.6. The maximum atomic E-state index is 13.6. The Bertz CT molecular complexity index is 1790. The summed E-state index contributed by atoms with van der Waals surface area (Å²) in [5, 5.41) is 5.04. The molecule has 4 aromatic rings. The number of halogens is 3. The highest BCUT2D eigenvalue weighted by Crippen LogP contribution is 2.37. The topological polar surface area (TPSA) is 107 Å². The van der Waals surface area contributed by atoms with E-state index in [1.165, 1.54) is 25.5 Å². The number of hydrogen-bond acceptors (Lipinski definition) is 7. The molecule has 1 amide bonds. The Labute approximate surface area is 280 Å². The molecule has 0 aromatic heterocycles. The zero-order valence-corrected chi connectivity index (χ0v) is 28.5. The summed E-state index contributed by atoms with van der Waals surface area (Å²) >= 11 is 15.7.